The summed E-state index contributed by atoms with van der Waals surface area (Å²) < 4.78 is 61.1. The zero-order valence-corrected chi connectivity index (χ0v) is 6.56. The first-order chi connectivity index (χ1) is 4.86. The lowest BCUT2D eigenvalue weighted by Crippen LogP contribution is -2.35. The molecule has 0 aromatic rings. The van der Waals surface area contributed by atoms with E-state index in [2.05, 4.69) is 8.37 Å². The van der Waals surface area contributed by atoms with Gasteiger partial charge >= 0.3 is 25.1 Å². The predicted molar refractivity (Wildman–Crippen MR) is 29.8 cm³/mol. The molecule has 0 saturated carbocycles. The molecule has 1 fully saturated rings. The second kappa shape index (κ2) is 2.37. The van der Waals surface area contributed by atoms with Crippen molar-refractivity contribution in [2.75, 3.05) is 6.79 Å². The van der Waals surface area contributed by atoms with Crippen LogP contribution in [0.1, 0.15) is 0 Å². The van der Waals surface area contributed by atoms with Crippen molar-refractivity contribution in [1.29, 1.82) is 0 Å². The number of hydrogen-bond acceptors (Lipinski definition) is 6. The molecule has 0 bridgehead atoms. The van der Waals surface area contributed by atoms with Crippen molar-refractivity contribution in [2.45, 2.75) is 4.84 Å². The van der Waals surface area contributed by atoms with Crippen molar-refractivity contribution in [2.24, 2.45) is 0 Å². The summed E-state index contributed by atoms with van der Waals surface area (Å²) in [7, 11) is -9.30. The molecule has 6 nitrogen and oxygen atoms in total. The molecule has 1 saturated heterocycles. The first-order valence-electron chi connectivity index (χ1n) is 2.27. The largest absolute Gasteiger partial charge is 0.349 e. The Morgan fingerprint density at radius 2 is 1.45 bits per heavy atom. The lowest BCUT2D eigenvalue weighted by molar-refractivity contribution is 0.110. The SMILES string of the molecule is O=S1(=O)OCOS(=O)(=O)C1F. The maximum Gasteiger partial charge on any atom is 0.349 e. The summed E-state index contributed by atoms with van der Waals surface area (Å²) in [5.74, 6) is 0. The standard InChI is InChI=1S/C2H3FO6S2/c3-2-10(4,5)8-1-9-11(2,6)7/h2H,1H2. The van der Waals surface area contributed by atoms with Crippen LogP contribution >= 0.6 is 0 Å². The van der Waals surface area contributed by atoms with Gasteiger partial charge in [0.25, 0.3) is 0 Å². The van der Waals surface area contributed by atoms with Gasteiger partial charge in [0, 0.05) is 0 Å². The maximum atomic E-state index is 12.3. The minimum atomic E-state index is -4.65. The van der Waals surface area contributed by atoms with E-state index in [1.165, 1.54) is 0 Å². The van der Waals surface area contributed by atoms with Crippen LogP contribution in [0.3, 0.4) is 0 Å². The average molecular weight is 206 g/mol. The van der Waals surface area contributed by atoms with Crippen LogP contribution in [-0.4, -0.2) is 28.5 Å². The van der Waals surface area contributed by atoms with Crippen molar-refractivity contribution in [1.82, 2.24) is 0 Å². The second-order valence-electron chi connectivity index (χ2n) is 1.61. The van der Waals surface area contributed by atoms with Gasteiger partial charge in [0.05, 0.1) is 0 Å². The summed E-state index contributed by atoms with van der Waals surface area (Å²) in [6.07, 6.45) is 0. The minimum Gasteiger partial charge on any atom is -0.237 e. The quantitative estimate of drug-likeness (QED) is 0.468. The molecule has 9 heteroatoms. The predicted octanol–water partition coefficient (Wildman–Crippen LogP) is -1.10. The number of alkyl halides is 1. The lowest BCUT2D eigenvalue weighted by Gasteiger charge is -2.15. The van der Waals surface area contributed by atoms with Gasteiger partial charge in [-0.15, -0.1) is 0 Å². The second-order valence-corrected chi connectivity index (χ2v) is 5.18. The summed E-state index contributed by atoms with van der Waals surface area (Å²) >= 11 is 0. The molecule has 0 aromatic carbocycles. The van der Waals surface area contributed by atoms with Crippen molar-refractivity contribution in [3.8, 4) is 0 Å². The third-order valence-corrected chi connectivity index (χ3v) is 4.05. The third kappa shape index (κ3) is 1.50. The zero-order chi connectivity index (χ0) is 8.70. The molecule has 0 atom stereocenters. The summed E-state index contributed by atoms with van der Waals surface area (Å²) in [5, 5.41) is 0. The molecule has 11 heavy (non-hydrogen) atoms. The highest BCUT2D eigenvalue weighted by Gasteiger charge is 2.44. The van der Waals surface area contributed by atoms with Gasteiger partial charge in [0.2, 0.25) is 0 Å². The molecule has 1 rings (SSSR count). The van der Waals surface area contributed by atoms with Crippen LogP contribution in [0, 0.1) is 0 Å². The summed E-state index contributed by atoms with van der Waals surface area (Å²) in [4.78, 5) is -3.14. The van der Waals surface area contributed by atoms with E-state index in [0.29, 0.717) is 0 Å². The molecule has 66 valence electrons. The van der Waals surface area contributed by atoms with Crippen molar-refractivity contribution in [3.05, 3.63) is 0 Å². The number of hydrogen-bond donors (Lipinski definition) is 0. The van der Waals surface area contributed by atoms with Crippen LogP contribution in [-0.2, 0) is 28.6 Å². The third-order valence-electron chi connectivity index (χ3n) is 0.879. The average Bonchev–Trinajstić information content (AvgIpc) is 1.82. The first-order valence-corrected chi connectivity index (χ1v) is 5.21. The summed E-state index contributed by atoms with van der Waals surface area (Å²) in [5.41, 5.74) is 0. The molecule has 0 aromatic heterocycles. The Hall–Kier alpha value is -0.250. The Morgan fingerprint density at radius 3 is 1.73 bits per heavy atom. The fourth-order valence-electron chi connectivity index (χ4n) is 0.405. The van der Waals surface area contributed by atoms with E-state index >= 15 is 0 Å². The van der Waals surface area contributed by atoms with Gasteiger partial charge in [0.15, 0.2) is 6.79 Å². The highest BCUT2D eigenvalue weighted by atomic mass is 32.3. The molecule has 1 aliphatic rings. The molecule has 1 heterocycles. The van der Waals surface area contributed by atoms with Crippen LogP contribution < -0.4 is 0 Å². The number of halogens is 1. The molecule has 0 amide bonds. The van der Waals surface area contributed by atoms with Gasteiger partial charge in [0.1, 0.15) is 0 Å². The van der Waals surface area contributed by atoms with E-state index < -0.39 is 31.9 Å². The van der Waals surface area contributed by atoms with E-state index in [1.54, 1.807) is 0 Å². The molecular weight excluding hydrogens is 203 g/mol. The van der Waals surface area contributed by atoms with Gasteiger partial charge in [-0.25, -0.2) is 12.8 Å². The van der Waals surface area contributed by atoms with Crippen LogP contribution in [0.5, 0.6) is 0 Å². The number of rotatable bonds is 0. The van der Waals surface area contributed by atoms with Gasteiger partial charge in [-0.05, 0) is 0 Å². The monoisotopic (exact) mass is 206 g/mol. The van der Waals surface area contributed by atoms with Gasteiger partial charge in [-0.1, -0.05) is 0 Å². The first kappa shape index (κ1) is 8.84. The molecule has 1 aliphatic heterocycles. The van der Waals surface area contributed by atoms with E-state index in [0.717, 1.165) is 0 Å². The van der Waals surface area contributed by atoms with E-state index in [9.17, 15) is 21.2 Å². The van der Waals surface area contributed by atoms with Crippen molar-refractivity contribution < 1.29 is 29.6 Å². The van der Waals surface area contributed by atoms with Crippen LogP contribution in [0.4, 0.5) is 4.39 Å². The highest BCUT2D eigenvalue weighted by Crippen LogP contribution is 2.20. The highest BCUT2D eigenvalue weighted by molar-refractivity contribution is 8.04. The molecule has 0 spiro atoms. The zero-order valence-electron chi connectivity index (χ0n) is 4.93. The Labute approximate surface area is 62.2 Å². The van der Waals surface area contributed by atoms with Crippen LogP contribution in [0.2, 0.25) is 0 Å². The van der Waals surface area contributed by atoms with Crippen LogP contribution in [0.25, 0.3) is 0 Å². The topological polar surface area (TPSA) is 86.7 Å². The van der Waals surface area contributed by atoms with Crippen LogP contribution in [0.15, 0.2) is 0 Å². The van der Waals surface area contributed by atoms with Gasteiger partial charge in [-0.3, -0.25) is 0 Å². The summed E-state index contributed by atoms with van der Waals surface area (Å²) in [6.45, 7) is -0.995. The summed E-state index contributed by atoms with van der Waals surface area (Å²) in [6, 6.07) is 0. The van der Waals surface area contributed by atoms with E-state index in [-0.39, 0.29) is 0 Å². The molecular formula is C2H3FO6S2. The normalized spacial score (nSPS) is 29.9. The lowest BCUT2D eigenvalue weighted by atomic mass is 11.6. The molecule has 0 N–H and O–H groups in total. The Morgan fingerprint density at radius 1 is 1.09 bits per heavy atom. The van der Waals surface area contributed by atoms with Gasteiger partial charge in [-0.2, -0.15) is 16.8 Å². The van der Waals surface area contributed by atoms with Crippen molar-refractivity contribution >= 4 is 20.2 Å². The Balaban J connectivity index is 3.15. The minimum absolute atomic E-state index is 0.995. The fourth-order valence-corrected chi connectivity index (χ4v) is 2.53. The van der Waals surface area contributed by atoms with E-state index in [4.69, 9.17) is 0 Å². The Kier molecular flexibility index (Phi) is 1.90. The Bertz CT molecular complexity index is 305. The van der Waals surface area contributed by atoms with Crippen molar-refractivity contribution in [3.63, 3.8) is 0 Å². The maximum absolute atomic E-state index is 12.3. The van der Waals surface area contributed by atoms with E-state index in [1.807, 2.05) is 0 Å². The fraction of sp³-hybridized carbons (Fsp3) is 1.00. The smallest absolute Gasteiger partial charge is 0.237 e. The molecule has 0 unspecified atom stereocenters. The molecule has 0 radical (unpaired) electrons. The van der Waals surface area contributed by atoms with Gasteiger partial charge < -0.3 is 0 Å². The molecule has 0 aliphatic carbocycles.